The second kappa shape index (κ2) is 5.26. The van der Waals surface area contributed by atoms with Gasteiger partial charge in [0.15, 0.2) is 11.2 Å². The number of carbonyl (C=O) groups excluding carboxylic acids is 1. The quantitative estimate of drug-likeness (QED) is 0.686. The van der Waals surface area contributed by atoms with Crippen LogP contribution < -0.4 is 4.74 Å². The number of aromatic nitrogens is 2. The van der Waals surface area contributed by atoms with Gasteiger partial charge < -0.3 is 4.74 Å². The van der Waals surface area contributed by atoms with Gasteiger partial charge in [0, 0.05) is 17.1 Å². The highest BCUT2D eigenvalue weighted by Crippen LogP contribution is 2.32. The number of carbonyl (C=O) groups is 1. The van der Waals surface area contributed by atoms with Crippen LogP contribution in [0.5, 0.6) is 5.75 Å². The van der Waals surface area contributed by atoms with Gasteiger partial charge in [-0.15, -0.1) is 11.3 Å². The summed E-state index contributed by atoms with van der Waals surface area (Å²) in [5.41, 5.74) is 1.97. The average molecular weight is 307 g/mol. The van der Waals surface area contributed by atoms with Crippen molar-refractivity contribution in [2.75, 3.05) is 6.61 Å². The molecule has 0 fully saturated rings. The van der Waals surface area contributed by atoms with Gasteiger partial charge in [-0.25, -0.2) is 4.98 Å². The second-order valence-electron chi connectivity index (χ2n) is 4.10. The molecule has 0 aliphatic rings. The van der Waals surface area contributed by atoms with Crippen molar-refractivity contribution >= 4 is 34.2 Å². The van der Waals surface area contributed by atoms with Crippen LogP contribution in [0.3, 0.4) is 0 Å². The van der Waals surface area contributed by atoms with Crippen molar-refractivity contribution < 1.29 is 9.53 Å². The summed E-state index contributed by atoms with van der Waals surface area (Å²) >= 11 is 7.66. The summed E-state index contributed by atoms with van der Waals surface area (Å²) in [7, 11) is 0. The van der Waals surface area contributed by atoms with Crippen LogP contribution in [0.4, 0.5) is 0 Å². The third kappa shape index (κ3) is 2.09. The fourth-order valence-electron chi connectivity index (χ4n) is 2.05. The minimum atomic E-state index is 0.512. The summed E-state index contributed by atoms with van der Waals surface area (Å²) in [5.74, 6) is 0.631. The van der Waals surface area contributed by atoms with Crippen LogP contribution >= 0.6 is 22.9 Å². The molecule has 0 N–H and O–H groups in total. The van der Waals surface area contributed by atoms with E-state index in [1.165, 1.54) is 11.3 Å². The first-order valence-corrected chi connectivity index (χ1v) is 7.33. The molecule has 2 aromatic heterocycles. The molecule has 0 saturated heterocycles. The molecule has 3 rings (SSSR count). The molecule has 4 nitrogen and oxygen atoms in total. The Morgan fingerprint density at radius 3 is 3.05 bits per heavy atom. The number of hydrogen-bond acceptors (Lipinski definition) is 4. The molecule has 0 unspecified atom stereocenters. The Bertz CT molecular complexity index is 779. The summed E-state index contributed by atoms with van der Waals surface area (Å²) in [4.78, 5) is 16.6. The van der Waals surface area contributed by atoms with Crippen molar-refractivity contribution in [1.29, 1.82) is 0 Å². The monoisotopic (exact) mass is 306 g/mol. The van der Waals surface area contributed by atoms with Gasteiger partial charge in [-0.2, -0.15) is 0 Å². The lowest BCUT2D eigenvalue weighted by Crippen LogP contribution is -1.93. The van der Waals surface area contributed by atoms with E-state index in [-0.39, 0.29) is 0 Å². The number of ether oxygens (including phenoxy) is 1. The maximum absolute atomic E-state index is 11.3. The normalized spacial score (nSPS) is 10.9. The molecule has 0 atom stereocenters. The van der Waals surface area contributed by atoms with Crippen LogP contribution in [-0.2, 0) is 0 Å². The van der Waals surface area contributed by atoms with Crippen molar-refractivity contribution in [2.45, 2.75) is 6.92 Å². The second-order valence-corrected chi connectivity index (χ2v) is 5.38. The van der Waals surface area contributed by atoms with Gasteiger partial charge in [-0.05, 0) is 25.1 Å². The number of halogens is 1. The lowest BCUT2D eigenvalue weighted by atomic mass is 10.1. The predicted molar refractivity (Wildman–Crippen MR) is 80.1 cm³/mol. The van der Waals surface area contributed by atoms with E-state index in [4.69, 9.17) is 16.3 Å². The van der Waals surface area contributed by atoms with E-state index in [1.807, 2.05) is 24.6 Å². The molecule has 3 aromatic rings. The van der Waals surface area contributed by atoms with Gasteiger partial charge in [-0.1, -0.05) is 11.6 Å². The molecule has 0 bridgehead atoms. The summed E-state index contributed by atoms with van der Waals surface area (Å²) in [6.45, 7) is 2.46. The lowest BCUT2D eigenvalue weighted by Gasteiger charge is -2.06. The first kappa shape index (κ1) is 13.1. The zero-order valence-corrected chi connectivity index (χ0v) is 12.2. The summed E-state index contributed by atoms with van der Waals surface area (Å²) in [5, 5.41) is 2.40. The Balaban J connectivity index is 2.12. The van der Waals surface area contributed by atoms with E-state index in [9.17, 15) is 4.79 Å². The van der Waals surface area contributed by atoms with Gasteiger partial charge in [-0.3, -0.25) is 9.20 Å². The largest absolute Gasteiger partial charge is 0.492 e. The molecule has 102 valence electrons. The zero-order valence-electron chi connectivity index (χ0n) is 10.7. The smallest absolute Gasteiger partial charge is 0.194 e. The number of imidazole rings is 1. The highest BCUT2D eigenvalue weighted by molar-refractivity contribution is 7.15. The van der Waals surface area contributed by atoms with Crippen LogP contribution in [0, 0.1) is 0 Å². The zero-order chi connectivity index (χ0) is 14.1. The average Bonchev–Trinajstić information content (AvgIpc) is 3.01. The van der Waals surface area contributed by atoms with Gasteiger partial charge in [0.25, 0.3) is 0 Å². The highest BCUT2D eigenvalue weighted by Gasteiger charge is 2.15. The van der Waals surface area contributed by atoms with Crippen molar-refractivity contribution in [3.05, 3.63) is 40.5 Å². The molecule has 1 aromatic carbocycles. The molecular formula is C14H11ClN2O2S. The number of thiazole rings is 1. The number of benzene rings is 1. The van der Waals surface area contributed by atoms with Crippen molar-refractivity contribution in [3.8, 4) is 17.0 Å². The number of fused-ring (bicyclic) bond motifs is 1. The molecule has 0 spiro atoms. The van der Waals surface area contributed by atoms with Crippen LogP contribution in [0.25, 0.3) is 16.2 Å². The molecular weight excluding hydrogens is 296 g/mol. The fourth-order valence-corrected chi connectivity index (χ4v) is 3.01. The van der Waals surface area contributed by atoms with Crippen LogP contribution in [0.2, 0.25) is 5.02 Å². The molecule has 6 heteroatoms. The van der Waals surface area contributed by atoms with E-state index in [0.717, 1.165) is 16.8 Å². The third-order valence-electron chi connectivity index (χ3n) is 2.92. The van der Waals surface area contributed by atoms with Crippen molar-refractivity contribution in [1.82, 2.24) is 9.38 Å². The maximum atomic E-state index is 11.3. The standard InChI is InChI=1S/C14H11ClN2O2S/c1-2-19-12-4-3-9(7-10(12)15)13-11(8-18)17-5-6-20-14(17)16-13/h3-8H,2H2,1H3. The third-order valence-corrected chi connectivity index (χ3v) is 3.97. The predicted octanol–water partition coefficient (Wildman–Crippen LogP) is 3.93. The lowest BCUT2D eigenvalue weighted by molar-refractivity contribution is 0.111. The minimum absolute atomic E-state index is 0.512. The molecule has 0 aliphatic heterocycles. The van der Waals surface area contributed by atoms with E-state index in [0.29, 0.717) is 28.8 Å². The maximum Gasteiger partial charge on any atom is 0.194 e. The van der Waals surface area contributed by atoms with Gasteiger partial charge in [0.2, 0.25) is 0 Å². The Morgan fingerprint density at radius 1 is 1.50 bits per heavy atom. The molecule has 20 heavy (non-hydrogen) atoms. The molecule has 2 heterocycles. The topological polar surface area (TPSA) is 43.6 Å². The highest BCUT2D eigenvalue weighted by atomic mass is 35.5. The van der Waals surface area contributed by atoms with Gasteiger partial charge >= 0.3 is 0 Å². The summed E-state index contributed by atoms with van der Waals surface area (Å²) in [6, 6.07) is 5.42. The van der Waals surface area contributed by atoms with E-state index in [2.05, 4.69) is 4.98 Å². The van der Waals surface area contributed by atoms with Gasteiger partial charge in [0.1, 0.15) is 17.1 Å². The van der Waals surface area contributed by atoms with Crippen molar-refractivity contribution in [3.63, 3.8) is 0 Å². The van der Waals surface area contributed by atoms with E-state index >= 15 is 0 Å². The Kier molecular flexibility index (Phi) is 3.46. The van der Waals surface area contributed by atoms with Crippen LogP contribution in [-0.4, -0.2) is 22.3 Å². The Morgan fingerprint density at radius 2 is 2.35 bits per heavy atom. The SMILES string of the molecule is CCOc1ccc(-c2nc3sccn3c2C=O)cc1Cl. The van der Waals surface area contributed by atoms with Gasteiger partial charge in [0.05, 0.1) is 11.6 Å². The van der Waals surface area contributed by atoms with Crippen molar-refractivity contribution in [2.24, 2.45) is 0 Å². The first-order valence-electron chi connectivity index (χ1n) is 6.08. The Hall–Kier alpha value is -1.85. The molecule has 0 radical (unpaired) electrons. The Labute approximate surface area is 124 Å². The fraction of sp³-hybridized carbons (Fsp3) is 0.143. The number of nitrogens with zero attached hydrogens (tertiary/aromatic N) is 2. The number of aldehydes is 1. The minimum Gasteiger partial charge on any atom is -0.492 e. The number of hydrogen-bond donors (Lipinski definition) is 0. The molecule has 0 saturated carbocycles. The first-order chi connectivity index (χ1) is 9.74. The number of rotatable bonds is 4. The van der Waals surface area contributed by atoms with E-state index in [1.54, 1.807) is 16.5 Å². The summed E-state index contributed by atoms with van der Waals surface area (Å²) in [6.07, 6.45) is 2.64. The molecule has 0 amide bonds. The summed E-state index contributed by atoms with van der Waals surface area (Å²) < 4.78 is 7.18. The molecule has 0 aliphatic carbocycles. The van der Waals surface area contributed by atoms with Crippen LogP contribution in [0.1, 0.15) is 17.4 Å². The van der Waals surface area contributed by atoms with E-state index < -0.39 is 0 Å². The van der Waals surface area contributed by atoms with Crippen LogP contribution in [0.15, 0.2) is 29.8 Å².